The first-order valence-electron chi connectivity index (χ1n) is 5.70. The first kappa shape index (κ1) is 13.5. The standard InChI is InChI=1S/C13H19ClO2/c1-3-4-9-15-11(2)16-10-12-7-5-6-8-13(12)14/h5-8,11H,3-4,9-10H2,1-2H3/t11-/m1/s1. The van der Waals surface area contributed by atoms with Crippen LogP contribution in [0.15, 0.2) is 24.3 Å². The second-order valence-electron chi connectivity index (χ2n) is 3.69. The van der Waals surface area contributed by atoms with Crippen molar-refractivity contribution >= 4 is 11.6 Å². The third kappa shape index (κ3) is 4.97. The van der Waals surface area contributed by atoms with Gasteiger partial charge in [-0.3, -0.25) is 0 Å². The molecular formula is C13H19ClO2. The van der Waals surface area contributed by atoms with Gasteiger partial charge in [-0.2, -0.15) is 0 Å². The zero-order valence-electron chi connectivity index (χ0n) is 9.91. The maximum absolute atomic E-state index is 6.01. The van der Waals surface area contributed by atoms with Gasteiger partial charge in [0.25, 0.3) is 0 Å². The molecule has 2 nitrogen and oxygen atoms in total. The third-order valence-electron chi connectivity index (χ3n) is 2.28. The lowest BCUT2D eigenvalue weighted by Gasteiger charge is -2.14. The molecule has 0 aliphatic rings. The van der Waals surface area contributed by atoms with E-state index >= 15 is 0 Å². The Hall–Kier alpha value is -0.570. The molecule has 0 saturated carbocycles. The molecule has 0 fully saturated rings. The van der Waals surface area contributed by atoms with Crippen molar-refractivity contribution in [3.8, 4) is 0 Å². The van der Waals surface area contributed by atoms with E-state index in [1.54, 1.807) is 0 Å². The van der Waals surface area contributed by atoms with Crippen molar-refractivity contribution in [2.45, 2.75) is 39.6 Å². The molecule has 0 aliphatic heterocycles. The molecule has 0 bridgehead atoms. The van der Waals surface area contributed by atoms with Crippen LogP contribution in [-0.2, 0) is 16.1 Å². The molecule has 0 unspecified atom stereocenters. The van der Waals surface area contributed by atoms with E-state index in [2.05, 4.69) is 6.92 Å². The minimum Gasteiger partial charge on any atom is -0.353 e. The van der Waals surface area contributed by atoms with Gasteiger partial charge in [-0.1, -0.05) is 43.1 Å². The molecule has 0 saturated heterocycles. The SMILES string of the molecule is CCCCO[C@@H](C)OCc1ccccc1Cl. The van der Waals surface area contributed by atoms with Crippen LogP contribution >= 0.6 is 11.6 Å². The predicted molar refractivity (Wildman–Crippen MR) is 66.6 cm³/mol. The summed E-state index contributed by atoms with van der Waals surface area (Å²) in [6.07, 6.45) is 2.03. The van der Waals surface area contributed by atoms with Gasteiger partial charge in [0, 0.05) is 11.6 Å². The number of rotatable bonds is 7. The number of ether oxygens (including phenoxy) is 2. The van der Waals surface area contributed by atoms with Gasteiger partial charge in [-0.05, 0) is 25.0 Å². The molecule has 0 spiro atoms. The van der Waals surface area contributed by atoms with Crippen molar-refractivity contribution in [1.29, 1.82) is 0 Å². The van der Waals surface area contributed by atoms with Gasteiger partial charge in [-0.15, -0.1) is 0 Å². The molecule has 0 radical (unpaired) electrons. The summed E-state index contributed by atoms with van der Waals surface area (Å²) < 4.78 is 11.0. The Labute approximate surface area is 103 Å². The maximum Gasteiger partial charge on any atom is 0.155 e. The molecule has 0 aliphatic carbocycles. The highest BCUT2D eigenvalue weighted by atomic mass is 35.5. The Balaban J connectivity index is 2.26. The zero-order valence-corrected chi connectivity index (χ0v) is 10.7. The lowest BCUT2D eigenvalue weighted by Crippen LogP contribution is -2.13. The number of hydrogen-bond acceptors (Lipinski definition) is 2. The van der Waals surface area contributed by atoms with E-state index < -0.39 is 0 Å². The molecule has 90 valence electrons. The van der Waals surface area contributed by atoms with Crippen LogP contribution < -0.4 is 0 Å². The lowest BCUT2D eigenvalue weighted by molar-refractivity contribution is -0.138. The molecule has 0 heterocycles. The van der Waals surface area contributed by atoms with E-state index in [4.69, 9.17) is 21.1 Å². The van der Waals surface area contributed by atoms with Gasteiger partial charge in [0.1, 0.15) is 0 Å². The number of unbranched alkanes of at least 4 members (excludes halogenated alkanes) is 1. The van der Waals surface area contributed by atoms with Crippen LogP contribution in [0.4, 0.5) is 0 Å². The molecule has 1 aromatic rings. The summed E-state index contributed by atoms with van der Waals surface area (Å²) in [6, 6.07) is 7.68. The first-order chi connectivity index (χ1) is 7.74. The molecular weight excluding hydrogens is 224 g/mol. The summed E-state index contributed by atoms with van der Waals surface area (Å²) in [5.41, 5.74) is 0.995. The highest BCUT2D eigenvalue weighted by molar-refractivity contribution is 6.31. The Morgan fingerprint density at radius 1 is 1.25 bits per heavy atom. The van der Waals surface area contributed by atoms with E-state index in [0.717, 1.165) is 30.0 Å². The second-order valence-corrected chi connectivity index (χ2v) is 4.10. The van der Waals surface area contributed by atoms with Crippen molar-refractivity contribution in [2.75, 3.05) is 6.61 Å². The average molecular weight is 243 g/mol. The fourth-order valence-electron chi connectivity index (χ4n) is 1.26. The Morgan fingerprint density at radius 2 is 2.00 bits per heavy atom. The Morgan fingerprint density at radius 3 is 2.69 bits per heavy atom. The van der Waals surface area contributed by atoms with Gasteiger partial charge in [0.05, 0.1) is 6.61 Å². The molecule has 3 heteroatoms. The van der Waals surface area contributed by atoms with E-state index in [-0.39, 0.29) is 6.29 Å². The Bertz CT molecular complexity index is 302. The number of benzene rings is 1. The molecule has 1 atom stereocenters. The second kappa shape index (κ2) is 7.66. The van der Waals surface area contributed by atoms with Crippen LogP contribution in [0.2, 0.25) is 5.02 Å². The summed E-state index contributed by atoms with van der Waals surface area (Å²) in [6.45, 7) is 5.29. The molecule has 0 amide bonds. The average Bonchev–Trinajstić information content (AvgIpc) is 2.28. The third-order valence-corrected chi connectivity index (χ3v) is 2.65. The summed E-state index contributed by atoms with van der Waals surface area (Å²) in [5.74, 6) is 0. The topological polar surface area (TPSA) is 18.5 Å². The fraction of sp³-hybridized carbons (Fsp3) is 0.538. The van der Waals surface area contributed by atoms with E-state index in [1.165, 1.54) is 0 Å². The maximum atomic E-state index is 6.01. The van der Waals surface area contributed by atoms with Gasteiger partial charge in [-0.25, -0.2) is 0 Å². The van der Waals surface area contributed by atoms with Crippen LogP contribution in [0.3, 0.4) is 0 Å². The molecule has 0 N–H and O–H groups in total. The summed E-state index contributed by atoms with van der Waals surface area (Å²) >= 11 is 6.01. The van der Waals surface area contributed by atoms with Gasteiger partial charge < -0.3 is 9.47 Å². The predicted octanol–water partition coefficient (Wildman–Crippen LogP) is 4.02. The Kier molecular flexibility index (Phi) is 6.46. The van der Waals surface area contributed by atoms with Crippen molar-refractivity contribution in [1.82, 2.24) is 0 Å². The largest absolute Gasteiger partial charge is 0.353 e. The first-order valence-corrected chi connectivity index (χ1v) is 6.08. The minimum atomic E-state index is -0.178. The van der Waals surface area contributed by atoms with Crippen LogP contribution in [0, 0.1) is 0 Å². The van der Waals surface area contributed by atoms with Gasteiger partial charge in [0.2, 0.25) is 0 Å². The normalized spacial score (nSPS) is 12.7. The van der Waals surface area contributed by atoms with E-state index in [1.807, 2.05) is 31.2 Å². The van der Waals surface area contributed by atoms with E-state index in [9.17, 15) is 0 Å². The van der Waals surface area contributed by atoms with Crippen molar-refractivity contribution in [3.05, 3.63) is 34.9 Å². The quantitative estimate of drug-likeness (QED) is 0.531. The van der Waals surface area contributed by atoms with Crippen LogP contribution in [0.5, 0.6) is 0 Å². The highest BCUT2D eigenvalue weighted by Gasteiger charge is 2.04. The van der Waals surface area contributed by atoms with Crippen LogP contribution in [0.1, 0.15) is 32.3 Å². The van der Waals surface area contributed by atoms with Crippen LogP contribution in [-0.4, -0.2) is 12.9 Å². The lowest BCUT2D eigenvalue weighted by atomic mass is 10.2. The molecule has 1 rings (SSSR count). The van der Waals surface area contributed by atoms with Gasteiger partial charge in [0.15, 0.2) is 6.29 Å². The van der Waals surface area contributed by atoms with E-state index in [0.29, 0.717) is 6.61 Å². The monoisotopic (exact) mass is 242 g/mol. The smallest absolute Gasteiger partial charge is 0.155 e. The van der Waals surface area contributed by atoms with Gasteiger partial charge >= 0.3 is 0 Å². The minimum absolute atomic E-state index is 0.178. The van der Waals surface area contributed by atoms with Crippen molar-refractivity contribution in [3.63, 3.8) is 0 Å². The summed E-state index contributed by atoms with van der Waals surface area (Å²) in [5, 5.41) is 0.739. The highest BCUT2D eigenvalue weighted by Crippen LogP contribution is 2.16. The van der Waals surface area contributed by atoms with Crippen molar-refractivity contribution in [2.24, 2.45) is 0 Å². The fourth-order valence-corrected chi connectivity index (χ4v) is 1.45. The number of hydrogen-bond donors (Lipinski definition) is 0. The molecule has 1 aromatic carbocycles. The summed E-state index contributed by atoms with van der Waals surface area (Å²) in [7, 11) is 0. The summed E-state index contributed by atoms with van der Waals surface area (Å²) in [4.78, 5) is 0. The van der Waals surface area contributed by atoms with Crippen molar-refractivity contribution < 1.29 is 9.47 Å². The van der Waals surface area contributed by atoms with Crippen LogP contribution in [0.25, 0.3) is 0 Å². The molecule has 16 heavy (non-hydrogen) atoms. The molecule has 0 aromatic heterocycles. The zero-order chi connectivity index (χ0) is 11.8. The number of halogens is 1.